The molecule has 0 aromatic heterocycles. The lowest BCUT2D eigenvalue weighted by atomic mass is 10.3. The molecule has 0 rings (SSSR count). The van der Waals surface area contributed by atoms with Crippen molar-refractivity contribution in [2.45, 2.75) is 20.8 Å². The van der Waals surface area contributed by atoms with Gasteiger partial charge in [-0.05, 0) is 31.9 Å². The summed E-state index contributed by atoms with van der Waals surface area (Å²) < 4.78 is 0. The molecular weight excluding hydrogens is 184 g/mol. The molecule has 0 aromatic rings. The third-order valence-corrected chi connectivity index (χ3v) is 1.79. The first-order valence-corrected chi connectivity index (χ1v) is 5.09. The first-order valence-electron chi connectivity index (χ1n) is 5.09. The number of hydrogen-bond donors (Lipinski definition) is 0. The van der Waals surface area contributed by atoms with E-state index in [0.29, 0.717) is 0 Å². The van der Waals surface area contributed by atoms with E-state index in [9.17, 15) is 0 Å². The SMILES string of the molecule is C/C=C(/C)C=NC/C=C/C=C(/C)C=NC. The van der Waals surface area contributed by atoms with E-state index in [-0.39, 0.29) is 0 Å². The average molecular weight is 204 g/mol. The summed E-state index contributed by atoms with van der Waals surface area (Å²) in [7, 11) is 1.77. The zero-order chi connectivity index (χ0) is 11.5. The summed E-state index contributed by atoms with van der Waals surface area (Å²) in [5.41, 5.74) is 2.33. The monoisotopic (exact) mass is 204 g/mol. The zero-order valence-corrected chi connectivity index (χ0v) is 10.1. The van der Waals surface area contributed by atoms with Gasteiger partial charge in [0.05, 0.1) is 6.54 Å². The Bertz CT molecular complexity index is 304. The van der Waals surface area contributed by atoms with Crippen LogP contribution in [-0.2, 0) is 0 Å². The highest BCUT2D eigenvalue weighted by Crippen LogP contribution is 1.89. The van der Waals surface area contributed by atoms with E-state index in [1.165, 1.54) is 5.57 Å². The second-order valence-electron chi connectivity index (χ2n) is 3.25. The highest BCUT2D eigenvalue weighted by atomic mass is 14.7. The Morgan fingerprint density at radius 1 is 1.13 bits per heavy atom. The van der Waals surface area contributed by atoms with E-state index in [0.717, 1.165) is 12.1 Å². The number of allylic oxidation sites excluding steroid dienone is 5. The highest BCUT2D eigenvalue weighted by molar-refractivity contribution is 5.78. The fraction of sp³-hybridized carbons (Fsp3) is 0.385. The van der Waals surface area contributed by atoms with Crippen LogP contribution in [0.1, 0.15) is 20.8 Å². The summed E-state index contributed by atoms with van der Waals surface area (Å²) in [4.78, 5) is 8.16. The third-order valence-electron chi connectivity index (χ3n) is 1.79. The molecule has 0 amide bonds. The minimum atomic E-state index is 0.720. The molecule has 0 radical (unpaired) electrons. The van der Waals surface area contributed by atoms with Crippen LogP contribution in [0.4, 0.5) is 0 Å². The molecule has 0 spiro atoms. The maximum Gasteiger partial charge on any atom is 0.0573 e. The van der Waals surface area contributed by atoms with Gasteiger partial charge < -0.3 is 0 Å². The van der Waals surface area contributed by atoms with Crippen LogP contribution in [0.3, 0.4) is 0 Å². The molecule has 0 aromatic carbocycles. The van der Waals surface area contributed by atoms with Crippen molar-refractivity contribution in [1.82, 2.24) is 0 Å². The molecule has 2 nitrogen and oxygen atoms in total. The van der Waals surface area contributed by atoms with Gasteiger partial charge in [0, 0.05) is 19.5 Å². The highest BCUT2D eigenvalue weighted by Gasteiger charge is 1.78. The fourth-order valence-corrected chi connectivity index (χ4v) is 0.859. The van der Waals surface area contributed by atoms with Gasteiger partial charge in [-0.1, -0.05) is 24.3 Å². The molecule has 0 fully saturated rings. The van der Waals surface area contributed by atoms with E-state index in [4.69, 9.17) is 0 Å². The van der Waals surface area contributed by atoms with Crippen LogP contribution >= 0.6 is 0 Å². The number of nitrogens with zero attached hydrogens (tertiary/aromatic N) is 2. The van der Waals surface area contributed by atoms with Crippen molar-refractivity contribution < 1.29 is 0 Å². The molecule has 0 N–H and O–H groups in total. The van der Waals surface area contributed by atoms with Gasteiger partial charge in [0.25, 0.3) is 0 Å². The van der Waals surface area contributed by atoms with E-state index in [1.54, 1.807) is 7.05 Å². The lowest BCUT2D eigenvalue weighted by Gasteiger charge is -1.87. The predicted molar refractivity (Wildman–Crippen MR) is 70.1 cm³/mol. The average Bonchev–Trinajstić information content (AvgIpc) is 2.23. The molecule has 0 aliphatic rings. The molecule has 2 heteroatoms. The number of hydrogen-bond acceptors (Lipinski definition) is 2. The van der Waals surface area contributed by atoms with Crippen molar-refractivity contribution in [3.05, 3.63) is 35.5 Å². The first kappa shape index (κ1) is 13.6. The molecule has 0 unspecified atom stereocenters. The molecule has 0 saturated heterocycles. The lowest BCUT2D eigenvalue weighted by Crippen LogP contribution is -1.79. The Labute approximate surface area is 92.8 Å². The van der Waals surface area contributed by atoms with E-state index >= 15 is 0 Å². The predicted octanol–water partition coefficient (Wildman–Crippen LogP) is 3.23. The van der Waals surface area contributed by atoms with Crippen molar-refractivity contribution in [1.29, 1.82) is 0 Å². The Morgan fingerprint density at radius 3 is 2.47 bits per heavy atom. The van der Waals surface area contributed by atoms with E-state index in [2.05, 4.69) is 9.98 Å². The maximum atomic E-state index is 4.24. The Balaban J connectivity index is 3.92. The summed E-state index contributed by atoms with van der Waals surface area (Å²) in [5.74, 6) is 0. The van der Waals surface area contributed by atoms with Crippen molar-refractivity contribution in [3.63, 3.8) is 0 Å². The summed E-state index contributed by atoms with van der Waals surface area (Å²) in [5, 5.41) is 0. The third kappa shape index (κ3) is 8.88. The van der Waals surface area contributed by atoms with Crippen LogP contribution in [0, 0.1) is 0 Å². The Hall–Kier alpha value is -1.44. The molecule has 82 valence electrons. The minimum absolute atomic E-state index is 0.720. The maximum absolute atomic E-state index is 4.24. The smallest absolute Gasteiger partial charge is 0.0573 e. The van der Waals surface area contributed by atoms with Gasteiger partial charge in [-0.15, -0.1) is 0 Å². The van der Waals surface area contributed by atoms with E-state index in [1.807, 2.05) is 57.5 Å². The standard InChI is InChI=1S/C13H20N2/c1-5-12(2)11-15-9-7-6-8-13(3)10-14-4/h5-8,10-11H,9H2,1-4H3/b7-6+,12-5-,13-8-,14-10?,15-11?. The summed E-state index contributed by atoms with van der Waals surface area (Å²) in [6, 6.07) is 0. The number of rotatable bonds is 5. The Kier molecular flexibility index (Phi) is 8.25. The van der Waals surface area contributed by atoms with Gasteiger partial charge in [-0.25, -0.2) is 0 Å². The number of aliphatic imine (C=N–C) groups is 2. The normalized spacial score (nSPS) is 14.9. The summed E-state index contributed by atoms with van der Waals surface area (Å²) in [6.45, 7) is 6.78. The molecule has 15 heavy (non-hydrogen) atoms. The largest absolute Gasteiger partial charge is 0.296 e. The van der Waals surface area contributed by atoms with E-state index < -0.39 is 0 Å². The molecule has 0 atom stereocenters. The van der Waals surface area contributed by atoms with Crippen LogP contribution in [0.25, 0.3) is 0 Å². The van der Waals surface area contributed by atoms with Gasteiger partial charge in [0.2, 0.25) is 0 Å². The quantitative estimate of drug-likeness (QED) is 0.485. The van der Waals surface area contributed by atoms with Crippen LogP contribution in [0.2, 0.25) is 0 Å². The van der Waals surface area contributed by atoms with Crippen molar-refractivity contribution in [2.75, 3.05) is 13.6 Å². The van der Waals surface area contributed by atoms with Gasteiger partial charge in [-0.2, -0.15) is 0 Å². The van der Waals surface area contributed by atoms with Crippen LogP contribution in [-0.4, -0.2) is 26.0 Å². The molecular formula is C13H20N2. The van der Waals surface area contributed by atoms with Gasteiger partial charge in [0.1, 0.15) is 0 Å². The van der Waals surface area contributed by atoms with Crippen LogP contribution in [0.5, 0.6) is 0 Å². The second kappa shape index (κ2) is 9.13. The summed E-state index contributed by atoms with van der Waals surface area (Å²) >= 11 is 0. The van der Waals surface area contributed by atoms with Gasteiger partial charge in [-0.3, -0.25) is 9.98 Å². The van der Waals surface area contributed by atoms with Crippen molar-refractivity contribution in [2.24, 2.45) is 9.98 Å². The molecule has 0 bridgehead atoms. The minimum Gasteiger partial charge on any atom is -0.296 e. The molecule has 0 heterocycles. The van der Waals surface area contributed by atoms with Crippen molar-refractivity contribution >= 4 is 12.4 Å². The van der Waals surface area contributed by atoms with Gasteiger partial charge in [0.15, 0.2) is 0 Å². The molecule has 0 saturated carbocycles. The molecule has 0 aliphatic carbocycles. The van der Waals surface area contributed by atoms with Crippen LogP contribution < -0.4 is 0 Å². The second-order valence-corrected chi connectivity index (χ2v) is 3.25. The topological polar surface area (TPSA) is 24.7 Å². The lowest BCUT2D eigenvalue weighted by molar-refractivity contribution is 1.25. The summed E-state index contributed by atoms with van der Waals surface area (Å²) in [6.07, 6.45) is 11.8. The van der Waals surface area contributed by atoms with Gasteiger partial charge >= 0.3 is 0 Å². The Morgan fingerprint density at radius 2 is 1.87 bits per heavy atom. The fourth-order valence-electron chi connectivity index (χ4n) is 0.859. The zero-order valence-electron chi connectivity index (χ0n) is 10.1. The van der Waals surface area contributed by atoms with Crippen LogP contribution in [0.15, 0.2) is 45.4 Å². The first-order chi connectivity index (χ1) is 7.20. The van der Waals surface area contributed by atoms with Crippen molar-refractivity contribution in [3.8, 4) is 0 Å². The molecule has 0 aliphatic heterocycles.